The van der Waals surface area contributed by atoms with Crippen molar-refractivity contribution in [2.75, 3.05) is 10.6 Å². The van der Waals surface area contributed by atoms with E-state index in [4.69, 9.17) is 11.6 Å². The molecule has 0 fully saturated rings. The maximum absolute atomic E-state index is 11.9. The fourth-order valence-electron chi connectivity index (χ4n) is 1.80. The van der Waals surface area contributed by atoms with Crippen LogP contribution in [0.4, 0.5) is 16.2 Å². The number of urea groups is 1. The van der Waals surface area contributed by atoms with Crippen LogP contribution in [0.5, 0.6) is 0 Å². The summed E-state index contributed by atoms with van der Waals surface area (Å²) in [5.74, 6) is 0. The van der Waals surface area contributed by atoms with Crippen molar-refractivity contribution in [2.45, 2.75) is 0 Å². The lowest BCUT2D eigenvalue weighted by molar-refractivity contribution is 0.262. The van der Waals surface area contributed by atoms with E-state index in [1.165, 1.54) is 11.0 Å². The summed E-state index contributed by atoms with van der Waals surface area (Å²) >= 11 is 5.79. The zero-order chi connectivity index (χ0) is 15.4. The SMILES string of the molecule is O=C(Nc1ccc(Cl)cc1)Nc1ccc(-n2cnnn2)cc1. The Bertz CT molecular complexity index is 755. The molecule has 0 aliphatic carbocycles. The Hall–Kier alpha value is -2.93. The normalized spacial score (nSPS) is 10.2. The summed E-state index contributed by atoms with van der Waals surface area (Å²) < 4.78 is 1.53. The first-order valence-electron chi connectivity index (χ1n) is 6.38. The van der Waals surface area contributed by atoms with Gasteiger partial charge in [-0.25, -0.2) is 9.48 Å². The summed E-state index contributed by atoms with van der Waals surface area (Å²) in [7, 11) is 0. The third kappa shape index (κ3) is 3.39. The molecule has 0 atom stereocenters. The molecule has 0 saturated carbocycles. The molecule has 7 nitrogen and oxygen atoms in total. The standard InChI is InChI=1S/C14H11ClN6O/c15-10-1-3-11(4-2-10)17-14(22)18-12-5-7-13(8-6-12)21-9-16-19-20-21/h1-9H,(H2,17,18,22). The van der Waals surface area contributed by atoms with Crippen molar-refractivity contribution >= 4 is 29.0 Å². The van der Waals surface area contributed by atoms with Crippen molar-refractivity contribution < 1.29 is 4.79 Å². The molecule has 8 heteroatoms. The van der Waals surface area contributed by atoms with Gasteiger partial charge in [0.05, 0.1) is 5.69 Å². The number of nitrogens with one attached hydrogen (secondary N) is 2. The molecule has 0 radical (unpaired) electrons. The Labute approximate surface area is 130 Å². The minimum Gasteiger partial charge on any atom is -0.308 e. The summed E-state index contributed by atoms with van der Waals surface area (Å²) in [4.78, 5) is 11.9. The molecule has 22 heavy (non-hydrogen) atoms. The Balaban J connectivity index is 1.63. The van der Waals surface area contributed by atoms with Gasteiger partial charge in [0, 0.05) is 16.4 Å². The second-order valence-corrected chi connectivity index (χ2v) is 4.82. The Morgan fingerprint density at radius 1 is 0.955 bits per heavy atom. The van der Waals surface area contributed by atoms with Crippen molar-refractivity contribution in [1.82, 2.24) is 20.2 Å². The van der Waals surface area contributed by atoms with Gasteiger partial charge >= 0.3 is 6.03 Å². The van der Waals surface area contributed by atoms with Gasteiger partial charge in [-0.3, -0.25) is 0 Å². The topological polar surface area (TPSA) is 84.7 Å². The van der Waals surface area contributed by atoms with Crippen molar-refractivity contribution in [3.8, 4) is 5.69 Å². The van der Waals surface area contributed by atoms with E-state index >= 15 is 0 Å². The number of carbonyl (C=O) groups excluding carboxylic acids is 1. The first-order valence-corrected chi connectivity index (χ1v) is 6.75. The van der Waals surface area contributed by atoms with Gasteiger partial charge in [-0.05, 0) is 59.0 Å². The van der Waals surface area contributed by atoms with Crippen LogP contribution in [0.2, 0.25) is 5.02 Å². The van der Waals surface area contributed by atoms with Crippen molar-refractivity contribution in [2.24, 2.45) is 0 Å². The lowest BCUT2D eigenvalue weighted by Gasteiger charge is -2.08. The number of tetrazole rings is 1. The highest BCUT2D eigenvalue weighted by Gasteiger charge is 2.03. The molecular weight excluding hydrogens is 304 g/mol. The highest BCUT2D eigenvalue weighted by molar-refractivity contribution is 6.30. The minimum absolute atomic E-state index is 0.336. The molecule has 3 rings (SSSR count). The van der Waals surface area contributed by atoms with E-state index in [2.05, 4.69) is 26.2 Å². The van der Waals surface area contributed by atoms with Crippen LogP contribution in [0.25, 0.3) is 5.69 Å². The zero-order valence-corrected chi connectivity index (χ0v) is 12.0. The number of aromatic nitrogens is 4. The van der Waals surface area contributed by atoms with Crippen molar-refractivity contribution in [1.29, 1.82) is 0 Å². The lowest BCUT2D eigenvalue weighted by Crippen LogP contribution is -2.19. The number of hydrogen-bond acceptors (Lipinski definition) is 4. The highest BCUT2D eigenvalue weighted by atomic mass is 35.5. The second-order valence-electron chi connectivity index (χ2n) is 4.39. The van der Waals surface area contributed by atoms with Crippen molar-refractivity contribution in [3.05, 3.63) is 59.9 Å². The molecular formula is C14H11ClN6O. The number of halogens is 1. The van der Waals surface area contributed by atoms with Crippen molar-refractivity contribution in [3.63, 3.8) is 0 Å². The molecule has 0 aliphatic rings. The van der Waals surface area contributed by atoms with E-state index in [1.54, 1.807) is 48.5 Å². The van der Waals surface area contributed by atoms with Gasteiger partial charge in [0.2, 0.25) is 0 Å². The van der Waals surface area contributed by atoms with Gasteiger partial charge < -0.3 is 10.6 Å². The molecule has 1 aromatic heterocycles. The van der Waals surface area contributed by atoms with Gasteiger partial charge in [0.25, 0.3) is 0 Å². The van der Waals surface area contributed by atoms with E-state index < -0.39 is 0 Å². The predicted octanol–water partition coefficient (Wildman–Crippen LogP) is 2.96. The van der Waals surface area contributed by atoms with E-state index in [0.717, 1.165) is 5.69 Å². The number of benzene rings is 2. The van der Waals surface area contributed by atoms with Crippen LogP contribution in [0, 0.1) is 0 Å². The summed E-state index contributed by atoms with van der Waals surface area (Å²) in [5, 5.41) is 17.0. The number of anilines is 2. The van der Waals surface area contributed by atoms with Gasteiger partial charge in [0.1, 0.15) is 6.33 Å². The number of carbonyl (C=O) groups is 1. The minimum atomic E-state index is -0.336. The maximum Gasteiger partial charge on any atom is 0.323 e. The van der Waals surface area contributed by atoms with Crippen LogP contribution in [0.1, 0.15) is 0 Å². The molecule has 0 bridgehead atoms. The molecule has 3 aromatic rings. The molecule has 110 valence electrons. The average Bonchev–Trinajstić information content (AvgIpc) is 3.05. The molecule has 1 heterocycles. The summed E-state index contributed by atoms with van der Waals surface area (Å²) in [5.41, 5.74) is 2.11. The molecule has 2 N–H and O–H groups in total. The highest BCUT2D eigenvalue weighted by Crippen LogP contribution is 2.15. The fourth-order valence-corrected chi connectivity index (χ4v) is 1.93. The van der Waals surface area contributed by atoms with Gasteiger partial charge in [-0.2, -0.15) is 0 Å². The van der Waals surface area contributed by atoms with E-state index in [0.29, 0.717) is 16.4 Å². The summed E-state index contributed by atoms with van der Waals surface area (Å²) in [6, 6.07) is 13.7. The summed E-state index contributed by atoms with van der Waals surface area (Å²) in [6.45, 7) is 0. The monoisotopic (exact) mass is 314 g/mol. The number of amides is 2. The van der Waals surface area contributed by atoms with Crippen LogP contribution >= 0.6 is 11.6 Å². The summed E-state index contributed by atoms with van der Waals surface area (Å²) in [6.07, 6.45) is 1.50. The third-order valence-corrected chi connectivity index (χ3v) is 3.09. The molecule has 2 aromatic carbocycles. The van der Waals surface area contributed by atoms with Gasteiger partial charge in [-0.15, -0.1) is 5.10 Å². The predicted molar refractivity (Wildman–Crippen MR) is 83.2 cm³/mol. The Morgan fingerprint density at radius 3 is 2.09 bits per heavy atom. The molecule has 0 spiro atoms. The third-order valence-electron chi connectivity index (χ3n) is 2.84. The van der Waals surface area contributed by atoms with Crippen LogP contribution in [0.15, 0.2) is 54.9 Å². The molecule has 0 saturated heterocycles. The smallest absolute Gasteiger partial charge is 0.308 e. The molecule has 0 unspecified atom stereocenters. The Morgan fingerprint density at radius 2 is 1.55 bits per heavy atom. The largest absolute Gasteiger partial charge is 0.323 e. The van der Waals surface area contributed by atoms with Crippen LogP contribution in [0.3, 0.4) is 0 Å². The number of hydrogen-bond donors (Lipinski definition) is 2. The second kappa shape index (κ2) is 6.23. The first kappa shape index (κ1) is 14.0. The van der Waals surface area contributed by atoms with Crippen LogP contribution in [-0.2, 0) is 0 Å². The number of rotatable bonds is 3. The quantitative estimate of drug-likeness (QED) is 0.778. The molecule has 2 amide bonds. The maximum atomic E-state index is 11.9. The van der Waals surface area contributed by atoms with Crippen LogP contribution < -0.4 is 10.6 Å². The lowest BCUT2D eigenvalue weighted by atomic mass is 10.3. The van der Waals surface area contributed by atoms with Gasteiger partial charge in [-0.1, -0.05) is 11.6 Å². The average molecular weight is 315 g/mol. The number of nitrogens with zero attached hydrogens (tertiary/aromatic N) is 4. The van der Waals surface area contributed by atoms with E-state index in [-0.39, 0.29) is 6.03 Å². The van der Waals surface area contributed by atoms with Crippen LogP contribution in [-0.4, -0.2) is 26.2 Å². The van der Waals surface area contributed by atoms with E-state index in [9.17, 15) is 4.79 Å². The first-order chi connectivity index (χ1) is 10.7. The molecule has 0 aliphatic heterocycles. The van der Waals surface area contributed by atoms with E-state index in [1.807, 2.05) is 0 Å². The fraction of sp³-hybridized carbons (Fsp3) is 0. The zero-order valence-electron chi connectivity index (χ0n) is 11.3. The van der Waals surface area contributed by atoms with Gasteiger partial charge in [0.15, 0.2) is 0 Å². The Kier molecular flexibility index (Phi) is 3.97.